The summed E-state index contributed by atoms with van der Waals surface area (Å²) in [5.41, 5.74) is -5.96. The maximum absolute atomic E-state index is 14.6. The normalized spacial score (nSPS) is 25.2. The first-order valence-corrected chi connectivity index (χ1v) is 13.7. The summed E-state index contributed by atoms with van der Waals surface area (Å²) >= 11 is 1.73. The van der Waals surface area contributed by atoms with E-state index in [2.05, 4.69) is 4.98 Å². The van der Waals surface area contributed by atoms with Gasteiger partial charge in [-0.15, -0.1) is 0 Å². The number of nitrogens with zero attached hydrogens (tertiary/aromatic N) is 2. The summed E-state index contributed by atoms with van der Waals surface area (Å²) in [7, 11) is 0. The largest absolute Gasteiger partial charge is 0.394 e. The monoisotopic (exact) mass is 681 g/mol. The second kappa shape index (κ2) is 11.0. The van der Waals surface area contributed by atoms with Crippen molar-refractivity contribution in [2.24, 2.45) is 0 Å². The molecule has 3 aromatic carbocycles. The van der Waals surface area contributed by atoms with Crippen molar-refractivity contribution >= 4 is 45.8 Å². The molecule has 1 aliphatic heterocycles. The van der Waals surface area contributed by atoms with Gasteiger partial charge in [0.15, 0.2) is 5.60 Å². The number of ether oxygens (including phenoxy) is 1. The average Bonchev–Trinajstić information content (AvgIpc) is 3.24. The zero-order valence-electron chi connectivity index (χ0n) is 21.8. The number of carbonyl (C=O) groups excluding carboxylic acids is 3. The van der Waals surface area contributed by atoms with Gasteiger partial charge in [0, 0.05) is 22.9 Å². The smallest absolute Gasteiger partial charge is 0.352 e. The number of Topliss-reactive ketones (excluding diaryl/α,β-unsaturated/α-hetero) is 3. The van der Waals surface area contributed by atoms with Crippen molar-refractivity contribution in [1.82, 2.24) is 9.55 Å². The van der Waals surface area contributed by atoms with Crippen LogP contribution in [-0.2, 0) is 10.5 Å². The van der Waals surface area contributed by atoms with E-state index in [0.29, 0.717) is 4.57 Å². The molecule has 0 amide bonds. The van der Waals surface area contributed by atoms with Crippen LogP contribution in [0.15, 0.2) is 102 Å². The number of rotatable bonds is 8. The Bertz CT molecular complexity index is 1730. The van der Waals surface area contributed by atoms with E-state index in [4.69, 9.17) is 10.5 Å². The van der Waals surface area contributed by atoms with Crippen molar-refractivity contribution in [3.8, 4) is 0 Å². The van der Waals surface area contributed by atoms with Gasteiger partial charge < -0.3 is 25.8 Å². The van der Waals surface area contributed by atoms with Crippen LogP contribution in [0.1, 0.15) is 31.1 Å². The fourth-order valence-electron chi connectivity index (χ4n) is 5.30. The number of nitrogen functional groups attached to an aromatic ring is 1. The SMILES string of the molecule is Nc1nc(=O)n([C@]2(C(=O)c3ccccc3)O[C@H](CO)[C@](O)(C(=O)c3ccccc3)[C@]2(O)C(=O)c2ccccc2)cc1I. The zero-order chi connectivity index (χ0) is 30.3. The molecular formula is C30H24IN3O8. The summed E-state index contributed by atoms with van der Waals surface area (Å²) in [5, 5.41) is 35.7. The number of benzene rings is 3. The van der Waals surface area contributed by atoms with Crippen molar-refractivity contribution in [2.75, 3.05) is 12.3 Å². The fraction of sp³-hybridized carbons (Fsp3) is 0.167. The lowest BCUT2D eigenvalue weighted by Crippen LogP contribution is -2.74. The van der Waals surface area contributed by atoms with E-state index in [-0.39, 0.29) is 26.1 Å². The molecule has 1 saturated heterocycles. The predicted octanol–water partition coefficient (Wildman–Crippen LogP) is 1.58. The summed E-state index contributed by atoms with van der Waals surface area (Å²) in [4.78, 5) is 60.6. The van der Waals surface area contributed by atoms with Gasteiger partial charge in [-0.3, -0.25) is 19.0 Å². The van der Waals surface area contributed by atoms with E-state index in [1.165, 1.54) is 72.8 Å². The van der Waals surface area contributed by atoms with Gasteiger partial charge in [-0.1, -0.05) is 91.0 Å². The summed E-state index contributed by atoms with van der Waals surface area (Å²) in [5.74, 6) is -3.95. The number of carbonyl (C=O) groups is 3. The Balaban J connectivity index is 1.95. The molecule has 11 nitrogen and oxygen atoms in total. The molecule has 42 heavy (non-hydrogen) atoms. The minimum absolute atomic E-state index is 0.121. The minimum Gasteiger partial charge on any atom is -0.394 e. The summed E-state index contributed by atoms with van der Waals surface area (Å²) in [6.45, 7) is -1.14. The number of anilines is 1. The molecule has 1 fully saturated rings. The molecule has 1 aliphatic rings. The molecule has 4 aromatic rings. The molecule has 0 spiro atoms. The standard InChI is InChI=1S/C30H24IN3O8/c31-21-16-34(27(39)33-26(21)32)30(25(38)20-14-8-3-9-15-20)29(41,24(37)19-12-6-2-7-13-19)28(40,22(17-35)42-30)23(36)18-10-4-1-5-11-18/h1-16,22,35,40-41H,17H2,(H2,32,33,39)/t22-,28+,29-,30-/m1/s1. The number of aliphatic hydroxyl groups excluding tert-OH is 1. The first-order chi connectivity index (χ1) is 20.0. The van der Waals surface area contributed by atoms with E-state index in [0.717, 1.165) is 6.20 Å². The van der Waals surface area contributed by atoms with Crippen LogP contribution in [0.2, 0.25) is 0 Å². The summed E-state index contributed by atoms with van der Waals surface area (Å²) < 4.78 is 6.69. The fourth-order valence-corrected chi connectivity index (χ4v) is 5.70. The average molecular weight is 681 g/mol. The maximum atomic E-state index is 14.6. The molecule has 0 aliphatic carbocycles. The molecule has 5 rings (SSSR count). The molecular weight excluding hydrogens is 657 g/mol. The Morgan fingerprint density at radius 3 is 1.76 bits per heavy atom. The first-order valence-electron chi connectivity index (χ1n) is 12.6. The predicted molar refractivity (Wildman–Crippen MR) is 158 cm³/mol. The number of aromatic nitrogens is 2. The third-order valence-electron chi connectivity index (χ3n) is 7.33. The van der Waals surface area contributed by atoms with Crippen LogP contribution >= 0.6 is 22.6 Å². The van der Waals surface area contributed by atoms with Crippen LogP contribution in [-0.4, -0.2) is 66.1 Å². The lowest BCUT2D eigenvalue weighted by Gasteiger charge is -2.43. The molecule has 1 aromatic heterocycles. The van der Waals surface area contributed by atoms with Crippen LogP contribution in [0.5, 0.6) is 0 Å². The molecule has 214 valence electrons. The Morgan fingerprint density at radius 1 is 0.833 bits per heavy atom. The second-order valence-corrected chi connectivity index (χ2v) is 10.8. The van der Waals surface area contributed by atoms with Crippen molar-refractivity contribution in [1.29, 1.82) is 0 Å². The van der Waals surface area contributed by atoms with Crippen molar-refractivity contribution in [3.05, 3.63) is 128 Å². The van der Waals surface area contributed by atoms with Gasteiger partial charge in [-0.2, -0.15) is 4.98 Å². The number of hydrogen-bond acceptors (Lipinski definition) is 10. The van der Waals surface area contributed by atoms with Crippen molar-refractivity contribution in [3.63, 3.8) is 0 Å². The van der Waals surface area contributed by atoms with E-state index in [1.807, 2.05) is 0 Å². The number of aliphatic hydroxyl groups is 3. The van der Waals surface area contributed by atoms with Gasteiger partial charge in [-0.25, -0.2) is 4.79 Å². The molecule has 0 unspecified atom stereocenters. The van der Waals surface area contributed by atoms with Crippen molar-refractivity contribution in [2.45, 2.75) is 23.0 Å². The molecule has 0 bridgehead atoms. The van der Waals surface area contributed by atoms with Crippen LogP contribution < -0.4 is 11.4 Å². The number of hydrogen-bond donors (Lipinski definition) is 4. The van der Waals surface area contributed by atoms with Gasteiger partial charge in [-0.05, 0) is 22.6 Å². The van der Waals surface area contributed by atoms with E-state index < -0.39 is 52.7 Å². The molecule has 5 N–H and O–H groups in total. The lowest BCUT2D eigenvalue weighted by molar-refractivity contribution is -0.149. The topological polar surface area (TPSA) is 182 Å². The van der Waals surface area contributed by atoms with Gasteiger partial charge in [0.2, 0.25) is 23.0 Å². The highest BCUT2D eigenvalue weighted by Gasteiger charge is 2.83. The van der Waals surface area contributed by atoms with Crippen LogP contribution in [0, 0.1) is 3.57 Å². The summed E-state index contributed by atoms with van der Waals surface area (Å²) in [6.07, 6.45) is -1.06. The Labute approximate surface area is 252 Å². The third-order valence-corrected chi connectivity index (χ3v) is 8.16. The number of halogens is 1. The van der Waals surface area contributed by atoms with Crippen molar-refractivity contribution < 1.29 is 34.4 Å². The Kier molecular flexibility index (Phi) is 7.68. The quantitative estimate of drug-likeness (QED) is 0.158. The number of nitrogens with two attached hydrogens (primary N) is 1. The zero-order valence-corrected chi connectivity index (χ0v) is 23.9. The van der Waals surface area contributed by atoms with Crippen LogP contribution in [0.4, 0.5) is 5.82 Å². The van der Waals surface area contributed by atoms with Gasteiger partial charge in [0.1, 0.15) is 11.9 Å². The Morgan fingerprint density at radius 2 is 1.29 bits per heavy atom. The molecule has 2 heterocycles. The molecule has 4 atom stereocenters. The van der Waals surface area contributed by atoms with Gasteiger partial charge in [0.25, 0.3) is 5.72 Å². The maximum Gasteiger partial charge on any atom is 0.352 e. The summed E-state index contributed by atoms with van der Waals surface area (Å²) in [6, 6.07) is 21.6. The van der Waals surface area contributed by atoms with Gasteiger partial charge >= 0.3 is 5.69 Å². The van der Waals surface area contributed by atoms with Crippen LogP contribution in [0.25, 0.3) is 0 Å². The first kappa shape index (κ1) is 29.4. The highest BCUT2D eigenvalue weighted by molar-refractivity contribution is 14.1. The molecule has 12 heteroatoms. The minimum atomic E-state index is -3.56. The highest BCUT2D eigenvalue weighted by atomic mass is 127. The van der Waals surface area contributed by atoms with E-state index in [9.17, 15) is 34.5 Å². The second-order valence-electron chi connectivity index (χ2n) is 9.62. The van der Waals surface area contributed by atoms with Gasteiger partial charge in [0.05, 0.1) is 10.2 Å². The lowest BCUT2D eigenvalue weighted by atomic mass is 9.66. The van der Waals surface area contributed by atoms with Crippen LogP contribution in [0.3, 0.4) is 0 Å². The Hall–Kier alpha value is -4.08. The molecule has 0 radical (unpaired) electrons. The third kappa shape index (κ3) is 4.14. The van der Waals surface area contributed by atoms with E-state index in [1.54, 1.807) is 40.8 Å². The number of ketones is 3. The highest BCUT2D eigenvalue weighted by Crippen LogP contribution is 2.53. The van der Waals surface area contributed by atoms with E-state index >= 15 is 0 Å². The molecule has 0 saturated carbocycles.